The number of aromatic nitrogens is 6. The molecule has 0 amide bonds. The van der Waals surface area contributed by atoms with E-state index in [0.717, 1.165) is 32.6 Å². The van der Waals surface area contributed by atoms with Crippen molar-refractivity contribution >= 4 is 33.4 Å². The fourth-order valence-electron chi connectivity index (χ4n) is 2.83. The lowest BCUT2D eigenvalue weighted by Gasteiger charge is -2.09. The van der Waals surface area contributed by atoms with Crippen LogP contribution in [0.4, 0.5) is 0 Å². The number of H-pyrrole nitrogens is 1. The summed E-state index contributed by atoms with van der Waals surface area (Å²) < 4.78 is 1.93. The van der Waals surface area contributed by atoms with Gasteiger partial charge in [0.05, 0.1) is 29.6 Å². The quantitative estimate of drug-likeness (QED) is 0.523. The van der Waals surface area contributed by atoms with Gasteiger partial charge in [-0.3, -0.25) is 9.67 Å². The van der Waals surface area contributed by atoms with E-state index >= 15 is 0 Å². The van der Waals surface area contributed by atoms with Gasteiger partial charge in [-0.15, -0.1) is 11.3 Å². The maximum Gasteiger partial charge on any atom is 0.168 e. The Morgan fingerprint density at radius 1 is 1.16 bits per heavy atom. The molecule has 0 bridgehead atoms. The van der Waals surface area contributed by atoms with Crippen LogP contribution in [0.15, 0.2) is 54.4 Å². The van der Waals surface area contributed by atoms with Gasteiger partial charge in [-0.2, -0.15) is 5.10 Å². The van der Waals surface area contributed by atoms with Crippen molar-refractivity contribution in [2.75, 3.05) is 0 Å². The smallest absolute Gasteiger partial charge is 0.168 e. The minimum absolute atomic E-state index is 0.345. The minimum Gasteiger partial charge on any atom is -0.317 e. The number of nitrogens with two attached hydrogens (primary N) is 1. The molecule has 0 spiro atoms. The van der Waals surface area contributed by atoms with E-state index in [1.165, 1.54) is 0 Å². The van der Waals surface area contributed by atoms with Gasteiger partial charge in [-0.1, -0.05) is 6.07 Å². The second kappa shape index (κ2) is 5.47. The third-order valence-corrected chi connectivity index (χ3v) is 5.10. The molecule has 0 aliphatic carbocycles. The van der Waals surface area contributed by atoms with Gasteiger partial charge < -0.3 is 5.73 Å². The Morgan fingerprint density at radius 2 is 2.12 bits per heavy atom. The Kier molecular flexibility index (Phi) is 3.12. The highest BCUT2D eigenvalue weighted by Gasteiger charge is 2.16. The number of thiophene rings is 1. The number of aromatic amines is 1. The van der Waals surface area contributed by atoms with Crippen LogP contribution in [0.3, 0.4) is 0 Å². The first kappa shape index (κ1) is 14.3. The van der Waals surface area contributed by atoms with Gasteiger partial charge in [0, 0.05) is 10.3 Å². The highest BCUT2D eigenvalue weighted by molar-refractivity contribution is 7.10. The lowest BCUT2D eigenvalue weighted by Crippen LogP contribution is -2.14. The molecule has 8 heteroatoms. The summed E-state index contributed by atoms with van der Waals surface area (Å²) in [5, 5.41) is 10.1. The monoisotopic (exact) mass is 347 g/mol. The molecule has 1 aromatic carbocycles. The van der Waals surface area contributed by atoms with Crippen molar-refractivity contribution in [3.63, 3.8) is 0 Å². The molecule has 0 aliphatic heterocycles. The number of rotatable bonds is 3. The van der Waals surface area contributed by atoms with E-state index in [2.05, 4.69) is 25.1 Å². The van der Waals surface area contributed by atoms with Gasteiger partial charge in [0.2, 0.25) is 0 Å². The first-order chi connectivity index (χ1) is 12.3. The number of nitrogens with one attached hydrogen (secondary N) is 1. The molecule has 4 heterocycles. The van der Waals surface area contributed by atoms with Gasteiger partial charge in [0.25, 0.3) is 0 Å². The molecule has 0 saturated heterocycles. The zero-order valence-corrected chi connectivity index (χ0v) is 13.8. The highest BCUT2D eigenvalue weighted by atomic mass is 32.1. The molecule has 0 aliphatic rings. The number of hydrogen-bond donors (Lipinski definition) is 2. The molecule has 1 atom stereocenters. The Bertz CT molecular complexity index is 1170. The van der Waals surface area contributed by atoms with Crippen LogP contribution in [0.5, 0.6) is 0 Å². The summed E-state index contributed by atoms with van der Waals surface area (Å²) >= 11 is 1.60. The summed E-state index contributed by atoms with van der Waals surface area (Å²) in [4.78, 5) is 14.5. The summed E-state index contributed by atoms with van der Waals surface area (Å²) in [6.45, 7) is 0. The van der Waals surface area contributed by atoms with Crippen molar-refractivity contribution in [1.82, 2.24) is 29.7 Å². The van der Waals surface area contributed by atoms with Crippen molar-refractivity contribution in [3.05, 3.63) is 65.1 Å². The fourth-order valence-corrected chi connectivity index (χ4v) is 3.56. The Morgan fingerprint density at radius 3 is 3.00 bits per heavy atom. The molecule has 7 nitrogen and oxygen atoms in total. The maximum atomic E-state index is 6.31. The second-order valence-electron chi connectivity index (χ2n) is 5.69. The molecule has 0 fully saturated rings. The van der Waals surface area contributed by atoms with Crippen LogP contribution >= 0.6 is 11.3 Å². The van der Waals surface area contributed by atoms with E-state index in [0.29, 0.717) is 5.82 Å². The number of nitrogens with zero attached hydrogens (tertiary/aromatic N) is 5. The van der Waals surface area contributed by atoms with Crippen molar-refractivity contribution in [1.29, 1.82) is 0 Å². The molecule has 5 rings (SSSR count). The molecule has 25 heavy (non-hydrogen) atoms. The normalized spacial score (nSPS) is 12.8. The summed E-state index contributed by atoms with van der Waals surface area (Å²) in [6.07, 6.45) is 5.26. The Balaban J connectivity index is 1.64. The topological polar surface area (TPSA) is 98.3 Å². The van der Waals surface area contributed by atoms with Gasteiger partial charge >= 0.3 is 0 Å². The third-order valence-electron chi connectivity index (χ3n) is 4.14. The van der Waals surface area contributed by atoms with E-state index in [-0.39, 0.29) is 6.04 Å². The van der Waals surface area contributed by atoms with E-state index in [1.54, 1.807) is 30.1 Å². The summed E-state index contributed by atoms with van der Waals surface area (Å²) in [5.41, 5.74) is 9.69. The van der Waals surface area contributed by atoms with Crippen LogP contribution in [0.2, 0.25) is 0 Å². The summed E-state index contributed by atoms with van der Waals surface area (Å²) in [6, 6.07) is 9.67. The average molecular weight is 347 g/mol. The lowest BCUT2D eigenvalue weighted by atomic mass is 10.2. The molecule has 0 radical (unpaired) electrons. The number of benzene rings is 1. The minimum atomic E-state index is -0.345. The first-order valence-electron chi connectivity index (χ1n) is 7.72. The van der Waals surface area contributed by atoms with Gasteiger partial charge in [-0.05, 0) is 29.6 Å². The van der Waals surface area contributed by atoms with Crippen molar-refractivity contribution in [2.45, 2.75) is 6.04 Å². The standard InChI is InChI=1S/C17H13N7S/c18-15(14-2-1-5-25-14)16-19-8-13-17(22-16)24(9-20-13)11-4-3-10-7-21-23-12(10)6-11/h1-9,15H,18H2,(H,21,23). The van der Waals surface area contributed by atoms with E-state index < -0.39 is 0 Å². The van der Waals surface area contributed by atoms with Crippen molar-refractivity contribution in [3.8, 4) is 5.69 Å². The van der Waals surface area contributed by atoms with Crippen LogP contribution in [-0.4, -0.2) is 29.7 Å². The van der Waals surface area contributed by atoms with Crippen LogP contribution in [0.25, 0.3) is 27.8 Å². The molecule has 0 saturated carbocycles. The third kappa shape index (κ3) is 2.31. The van der Waals surface area contributed by atoms with Crippen LogP contribution in [0, 0.1) is 0 Å². The first-order valence-corrected chi connectivity index (χ1v) is 8.60. The van der Waals surface area contributed by atoms with E-state index in [4.69, 9.17) is 5.73 Å². The Hall–Kier alpha value is -3.10. The lowest BCUT2D eigenvalue weighted by molar-refractivity contribution is 0.800. The zero-order valence-electron chi connectivity index (χ0n) is 13.0. The molecular formula is C17H13N7S. The molecule has 122 valence electrons. The zero-order chi connectivity index (χ0) is 16.8. The van der Waals surface area contributed by atoms with Gasteiger partial charge in [-0.25, -0.2) is 15.0 Å². The summed E-state index contributed by atoms with van der Waals surface area (Å²) in [5.74, 6) is 0.583. The van der Waals surface area contributed by atoms with Crippen molar-refractivity contribution < 1.29 is 0 Å². The SMILES string of the molecule is NC(c1ncc2ncn(-c3ccc4cn[nH]c4c3)c2n1)c1cccs1. The Labute approximate surface area is 146 Å². The average Bonchev–Trinajstić information content (AvgIpc) is 3.39. The van der Waals surface area contributed by atoms with Gasteiger partial charge in [0.1, 0.15) is 11.8 Å². The second-order valence-corrected chi connectivity index (χ2v) is 6.67. The van der Waals surface area contributed by atoms with E-state index in [9.17, 15) is 0 Å². The largest absolute Gasteiger partial charge is 0.317 e. The molecule has 5 aromatic rings. The highest BCUT2D eigenvalue weighted by Crippen LogP contribution is 2.24. The number of hydrogen-bond acceptors (Lipinski definition) is 6. The molecule has 4 aromatic heterocycles. The predicted octanol–water partition coefficient (Wildman–Crippen LogP) is 2.80. The predicted molar refractivity (Wildman–Crippen MR) is 96.7 cm³/mol. The van der Waals surface area contributed by atoms with Crippen LogP contribution < -0.4 is 5.73 Å². The number of imidazole rings is 1. The molecule has 3 N–H and O–H groups in total. The molecule has 1 unspecified atom stereocenters. The van der Waals surface area contributed by atoms with Gasteiger partial charge in [0.15, 0.2) is 11.5 Å². The van der Waals surface area contributed by atoms with E-state index in [1.807, 2.05) is 40.3 Å². The van der Waals surface area contributed by atoms with Crippen LogP contribution in [-0.2, 0) is 0 Å². The maximum absolute atomic E-state index is 6.31. The fraction of sp³-hybridized carbons (Fsp3) is 0.0588. The number of fused-ring (bicyclic) bond motifs is 2. The van der Waals surface area contributed by atoms with Crippen molar-refractivity contribution in [2.24, 2.45) is 5.73 Å². The summed E-state index contributed by atoms with van der Waals surface area (Å²) in [7, 11) is 0. The van der Waals surface area contributed by atoms with Crippen LogP contribution in [0.1, 0.15) is 16.7 Å². The molecular weight excluding hydrogens is 334 g/mol.